The average Bonchev–Trinajstić information content (AvgIpc) is 2.81. The van der Waals surface area contributed by atoms with Crippen molar-refractivity contribution >= 4 is 39.4 Å². The Morgan fingerprint density at radius 3 is 2.55 bits per heavy atom. The maximum absolute atomic E-state index is 13.3. The average molecular weight is 488 g/mol. The van der Waals surface area contributed by atoms with Crippen molar-refractivity contribution in [1.29, 1.82) is 0 Å². The van der Waals surface area contributed by atoms with Gasteiger partial charge in [0.25, 0.3) is 15.9 Å². The normalized spacial score (nSPS) is 11.4. The lowest BCUT2D eigenvalue weighted by Crippen LogP contribution is -2.39. The van der Waals surface area contributed by atoms with E-state index in [-0.39, 0.29) is 22.1 Å². The third kappa shape index (κ3) is 5.63. The summed E-state index contributed by atoms with van der Waals surface area (Å²) in [6.45, 7) is 1.25. The summed E-state index contributed by atoms with van der Waals surface area (Å²) in [5.74, 6) is -0.577. The predicted molar refractivity (Wildman–Crippen MR) is 128 cm³/mol. The van der Waals surface area contributed by atoms with Gasteiger partial charge in [-0.05, 0) is 48.9 Å². The molecule has 0 aliphatic carbocycles. The highest BCUT2D eigenvalue weighted by atomic mass is 35.5. The highest BCUT2D eigenvalue weighted by Crippen LogP contribution is 2.29. The number of amides is 1. The molecule has 2 N–H and O–H groups in total. The molecule has 1 amide bonds. The number of nitrogens with zero attached hydrogens (tertiary/aromatic N) is 2. The highest BCUT2D eigenvalue weighted by molar-refractivity contribution is 7.92. The van der Waals surface area contributed by atoms with Crippen molar-refractivity contribution in [1.82, 2.24) is 5.43 Å². The molecule has 0 saturated carbocycles. The van der Waals surface area contributed by atoms with Crippen LogP contribution in [0.4, 0.5) is 5.69 Å². The molecule has 3 rings (SSSR count). The smallest absolute Gasteiger partial charge is 0.264 e. The van der Waals surface area contributed by atoms with Gasteiger partial charge in [0.1, 0.15) is 6.54 Å². The lowest BCUT2D eigenvalue weighted by Gasteiger charge is -2.24. The van der Waals surface area contributed by atoms with Crippen LogP contribution in [0.1, 0.15) is 11.1 Å². The second kappa shape index (κ2) is 10.4. The molecule has 10 heteroatoms. The summed E-state index contributed by atoms with van der Waals surface area (Å²) < 4.78 is 32.6. The molecule has 172 valence electrons. The molecular formula is C23H22ClN3O5S. The topological polar surface area (TPSA) is 108 Å². The van der Waals surface area contributed by atoms with E-state index in [4.69, 9.17) is 16.3 Å². The first kappa shape index (κ1) is 24.1. The number of sulfonamides is 1. The molecule has 0 saturated heterocycles. The molecule has 0 radical (unpaired) electrons. The van der Waals surface area contributed by atoms with Crippen LogP contribution in [0.15, 0.2) is 76.7 Å². The lowest BCUT2D eigenvalue weighted by molar-refractivity contribution is -0.119. The number of hydrogen-bond donors (Lipinski definition) is 2. The molecule has 0 bridgehead atoms. The fourth-order valence-electron chi connectivity index (χ4n) is 2.92. The molecule has 3 aromatic rings. The molecule has 0 fully saturated rings. The van der Waals surface area contributed by atoms with Gasteiger partial charge in [0.2, 0.25) is 0 Å². The first-order valence-electron chi connectivity index (χ1n) is 9.76. The van der Waals surface area contributed by atoms with Crippen LogP contribution < -0.4 is 14.5 Å². The predicted octanol–water partition coefficient (Wildman–Crippen LogP) is 3.71. The van der Waals surface area contributed by atoms with E-state index in [9.17, 15) is 18.3 Å². The highest BCUT2D eigenvalue weighted by Gasteiger charge is 2.27. The monoisotopic (exact) mass is 487 g/mol. The van der Waals surface area contributed by atoms with Crippen molar-refractivity contribution in [3.05, 3.63) is 82.9 Å². The van der Waals surface area contributed by atoms with E-state index in [1.807, 2.05) is 0 Å². The van der Waals surface area contributed by atoms with Crippen molar-refractivity contribution in [2.45, 2.75) is 11.8 Å². The maximum Gasteiger partial charge on any atom is 0.264 e. The van der Waals surface area contributed by atoms with Crippen molar-refractivity contribution < 1.29 is 23.1 Å². The van der Waals surface area contributed by atoms with E-state index in [0.29, 0.717) is 10.6 Å². The second-order valence-corrected chi connectivity index (χ2v) is 9.22. The molecule has 3 aromatic carbocycles. The second-order valence-electron chi connectivity index (χ2n) is 6.95. The Morgan fingerprint density at radius 2 is 1.88 bits per heavy atom. The minimum absolute atomic E-state index is 0.0271. The first-order valence-corrected chi connectivity index (χ1v) is 11.6. The van der Waals surface area contributed by atoms with Crippen LogP contribution in [-0.4, -0.2) is 39.3 Å². The number of phenols is 1. The minimum atomic E-state index is -4.07. The van der Waals surface area contributed by atoms with Crippen molar-refractivity contribution in [2.75, 3.05) is 18.0 Å². The number of rotatable bonds is 8. The Hall–Kier alpha value is -3.56. The van der Waals surface area contributed by atoms with Gasteiger partial charge < -0.3 is 9.84 Å². The number of hydrogen-bond acceptors (Lipinski definition) is 6. The van der Waals surface area contributed by atoms with E-state index in [2.05, 4.69) is 10.5 Å². The van der Waals surface area contributed by atoms with Gasteiger partial charge in [-0.3, -0.25) is 9.10 Å². The van der Waals surface area contributed by atoms with Gasteiger partial charge in [-0.25, -0.2) is 13.8 Å². The summed E-state index contributed by atoms with van der Waals surface area (Å²) >= 11 is 6.20. The summed E-state index contributed by atoms with van der Waals surface area (Å²) in [4.78, 5) is 12.6. The van der Waals surface area contributed by atoms with E-state index in [1.54, 1.807) is 55.5 Å². The molecule has 0 aliphatic heterocycles. The number of phenolic OH excluding ortho intramolecular Hbond substituents is 1. The Balaban J connectivity index is 1.86. The Bertz CT molecular complexity index is 1280. The number of para-hydroxylation sites is 1. The zero-order chi connectivity index (χ0) is 24.0. The number of carbonyl (C=O) groups excluding carboxylic acids is 1. The molecule has 33 heavy (non-hydrogen) atoms. The van der Waals surface area contributed by atoms with Gasteiger partial charge in [0.15, 0.2) is 11.5 Å². The molecule has 8 nitrogen and oxygen atoms in total. The van der Waals surface area contributed by atoms with Crippen LogP contribution >= 0.6 is 11.6 Å². The number of carbonyl (C=O) groups is 1. The van der Waals surface area contributed by atoms with Crippen molar-refractivity contribution in [3.63, 3.8) is 0 Å². The van der Waals surface area contributed by atoms with Crippen molar-refractivity contribution in [3.8, 4) is 11.5 Å². The van der Waals surface area contributed by atoms with Gasteiger partial charge in [-0.2, -0.15) is 5.10 Å². The van der Waals surface area contributed by atoms with Crippen LogP contribution in [0.2, 0.25) is 5.02 Å². The number of aryl methyl sites for hydroxylation is 1. The van der Waals surface area contributed by atoms with E-state index in [1.165, 1.54) is 31.5 Å². The van der Waals surface area contributed by atoms with Crippen LogP contribution in [0.25, 0.3) is 0 Å². The van der Waals surface area contributed by atoms with Gasteiger partial charge in [-0.15, -0.1) is 0 Å². The number of anilines is 1. The van der Waals surface area contributed by atoms with Gasteiger partial charge in [-0.1, -0.05) is 41.9 Å². The number of methoxy groups -OCH3 is 1. The van der Waals surface area contributed by atoms with Crippen LogP contribution in [0.3, 0.4) is 0 Å². The quantitative estimate of drug-likeness (QED) is 0.372. The fraction of sp³-hybridized carbons (Fsp3) is 0.130. The molecule has 0 spiro atoms. The summed E-state index contributed by atoms with van der Waals surface area (Å²) in [6, 6.07) is 17.3. The van der Waals surface area contributed by atoms with Crippen molar-refractivity contribution in [2.24, 2.45) is 5.10 Å². The summed E-state index contributed by atoms with van der Waals surface area (Å²) in [5, 5.41) is 14.3. The molecule has 0 aromatic heterocycles. The number of nitrogens with one attached hydrogen (secondary N) is 1. The summed E-state index contributed by atoms with van der Waals surface area (Å²) in [5.41, 5.74) is 3.60. The number of hydrazone groups is 1. The Morgan fingerprint density at radius 1 is 1.15 bits per heavy atom. The number of aromatic hydroxyl groups is 1. The maximum atomic E-state index is 13.3. The van der Waals surface area contributed by atoms with Crippen LogP contribution in [-0.2, 0) is 14.8 Å². The Labute approximate surface area is 197 Å². The largest absolute Gasteiger partial charge is 0.504 e. The summed E-state index contributed by atoms with van der Waals surface area (Å²) in [7, 11) is -2.65. The number of ether oxygens (including phenoxy) is 1. The molecule has 0 unspecified atom stereocenters. The fourth-order valence-corrected chi connectivity index (χ4v) is 4.53. The van der Waals surface area contributed by atoms with Gasteiger partial charge in [0.05, 0.1) is 23.9 Å². The third-order valence-corrected chi connectivity index (χ3v) is 6.90. The SMILES string of the molecule is COc1cccc(/C=N\NC(=O)CN(c2ccc(C)c(Cl)c2)S(=O)(=O)c2ccccc2)c1O. The van der Waals surface area contributed by atoms with Gasteiger partial charge >= 0.3 is 0 Å². The van der Waals surface area contributed by atoms with E-state index >= 15 is 0 Å². The van der Waals surface area contributed by atoms with E-state index in [0.717, 1.165) is 9.87 Å². The Kier molecular flexibility index (Phi) is 7.57. The molecular weight excluding hydrogens is 466 g/mol. The molecule has 0 aliphatic rings. The van der Waals surface area contributed by atoms with Crippen LogP contribution in [0.5, 0.6) is 11.5 Å². The standard InChI is InChI=1S/C23H22ClN3O5S/c1-16-11-12-18(13-20(16)24)27(33(30,31)19-8-4-3-5-9-19)15-22(28)26-25-14-17-7-6-10-21(32-2)23(17)29/h3-14,29H,15H2,1-2H3,(H,26,28)/b25-14-. The molecule has 0 atom stereocenters. The molecule has 0 heterocycles. The van der Waals surface area contributed by atoms with Crippen LogP contribution in [0, 0.1) is 6.92 Å². The minimum Gasteiger partial charge on any atom is -0.504 e. The van der Waals surface area contributed by atoms with E-state index < -0.39 is 22.5 Å². The summed E-state index contributed by atoms with van der Waals surface area (Å²) in [6.07, 6.45) is 1.23. The number of halogens is 1. The zero-order valence-electron chi connectivity index (χ0n) is 17.9. The number of benzene rings is 3. The van der Waals surface area contributed by atoms with Gasteiger partial charge in [0, 0.05) is 10.6 Å². The lowest BCUT2D eigenvalue weighted by atomic mass is 10.2. The first-order chi connectivity index (χ1) is 15.7. The zero-order valence-corrected chi connectivity index (χ0v) is 19.5. The third-order valence-electron chi connectivity index (χ3n) is 4.70.